The Morgan fingerprint density at radius 2 is 2.19 bits per heavy atom. The number of hydrogen-bond donors (Lipinski definition) is 0. The number of carbonyl (C=O) groups excluding carboxylic acids is 1. The molecule has 26 heavy (non-hydrogen) atoms. The number of hydrogen-bond acceptors (Lipinski definition) is 4. The van der Waals surface area contributed by atoms with Gasteiger partial charge in [0.05, 0.1) is 12.1 Å². The summed E-state index contributed by atoms with van der Waals surface area (Å²) in [5.74, 6) is 1.61. The largest absolute Gasteiger partial charge is 0.338 e. The molecule has 3 heterocycles. The van der Waals surface area contributed by atoms with Crippen molar-refractivity contribution < 1.29 is 4.79 Å². The molecule has 1 aromatic heterocycles. The highest BCUT2D eigenvalue weighted by atomic mass is 16.2. The van der Waals surface area contributed by atoms with Gasteiger partial charge >= 0.3 is 0 Å². The predicted octanol–water partition coefficient (Wildman–Crippen LogP) is 2.33. The van der Waals surface area contributed by atoms with Crippen LogP contribution in [0.15, 0.2) is 30.5 Å². The molecule has 0 N–H and O–H groups in total. The fourth-order valence-corrected chi connectivity index (χ4v) is 4.00. The van der Waals surface area contributed by atoms with E-state index in [1.54, 1.807) is 0 Å². The maximum atomic E-state index is 12.7. The lowest BCUT2D eigenvalue weighted by Crippen LogP contribution is -2.37. The normalized spacial score (nSPS) is 20.2. The number of benzene rings is 1. The maximum absolute atomic E-state index is 12.7. The minimum Gasteiger partial charge on any atom is -0.338 e. The molecule has 1 atom stereocenters. The average molecular weight is 350 g/mol. The second-order valence-electron chi connectivity index (χ2n) is 7.68. The van der Waals surface area contributed by atoms with E-state index in [0.29, 0.717) is 18.9 Å². The van der Waals surface area contributed by atoms with E-state index in [2.05, 4.69) is 36.0 Å². The lowest BCUT2D eigenvalue weighted by atomic mass is 10.0. The molecule has 1 saturated heterocycles. The van der Waals surface area contributed by atoms with Crippen molar-refractivity contribution in [1.29, 1.82) is 0 Å². The van der Waals surface area contributed by atoms with Crippen LogP contribution in [0.25, 0.3) is 0 Å². The van der Waals surface area contributed by atoms with Crippen LogP contribution in [0.4, 0.5) is 0 Å². The molecule has 0 radical (unpaired) electrons. The van der Waals surface area contributed by atoms with E-state index in [0.717, 1.165) is 55.1 Å². The Morgan fingerprint density at radius 3 is 2.96 bits per heavy atom. The molecule has 136 valence electrons. The minimum absolute atomic E-state index is 0.183. The number of nitrogens with zero attached hydrogens (tertiary/aromatic N) is 4. The van der Waals surface area contributed by atoms with Crippen LogP contribution in [-0.4, -0.2) is 52.4 Å². The molecule has 5 nitrogen and oxygen atoms in total. The first-order valence-electron chi connectivity index (χ1n) is 9.45. The SMILES string of the molecule is Cc1cccc(CC(=O)N2CCc3nc(C4CCN(C)C4)ncc3C2)c1. The number of aryl methyl sites for hydroxylation is 1. The van der Waals surface area contributed by atoms with Gasteiger partial charge in [0.2, 0.25) is 5.91 Å². The summed E-state index contributed by atoms with van der Waals surface area (Å²) in [4.78, 5) is 26.4. The summed E-state index contributed by atoms with van der Waals surface area (Å²) < 4.78 is 0. The monoisotopic (exact) mass is 350 g/mol. The predicted molar refractivity (Wildman–Crippen MR) is 101 cm³/mol. The average Bonchev–Trinajstić information content (AvgIpc) is 3.07. The molecule has 2 aromatic rings. The van der Waals surface area contributed by atoms with E-state index < -0.39 is 0 Å². The number of fused-ring (bicyclic) bond motifs is 1. The number of amides is 1. The summed E-state index contributed by atoms with van der Waals surface area (Å²) in [6, 6.07) is 8.18. The Labute approximate surface area is 155 Å². The molecule has 2 aliphatic heterocycles. The van der Waals surface area contributed by atoms with Crippen LogP contribution >= 0.6 is 0 Å². The number of carbonyl (C=O) groups is 1. The smallest absolute Gasteiger partial charge is 0.227 e. The molecular formula is C21H26N4O. The number of aromatic nitrogens is 2. The summed E-state index contributed by atoms with van der Waals surface area (Å²) in [6.45, 7) is 5.60. The van der Waals surface area contributed by atoms with Crippen LogP contribution in [0.2, 0.25) is 0 Å². The minimum atomic E-state index is 0.183. The molecule has 1 aromatic carbocycles. The Morgan fingerprint density at radius 1 is 1.31 bits per heavy atom. The molecule has 0 spiro atoms. The third-order valence-corrected chi connectivity index (χ3v) is 5.50. The van der Waals surface area contributed by atoms with Gasteiger partial charge < -0.3 is 9.80 Å². The van der Waals surface area contributed by atoms with E-state index in [4.69, 9.17) is 4.98 Å². The first-order chi connectivity index (χ1) is 12.6. The van der Waals surface area contributed by atoms with Crippen molar-refractivity contribution in [3.63, 3.8) is 0 Å². The number of likely N-dealkylation sites (tertiary alicyclic amines) is 1. The van der Waals surface area contributed by atoms with Gasteiger partial charge in [0.1, 0.15) is 5.82 Å². The lowest BCUT2D eigenvalue weighted by Gasteiger charge is -2.28. The summed E-state index contributed by atoms with van der Waals surface area (Å²) in [5, 5.41) is 0. The van der Waals surface area contributed by atoms with Gasteiger partial charge in [-0.15, -0.1) is 0 Å². The van der Waals surface area contributed by atoms with Crippen LogP contribution in [0, 0.1) is 6.92 Å². The molecule has 4 rings (SSSR count). The molecule has 1 fully saturated rings. The van der Waals surface area contributed by atoms with Crippen LogP contribution in [0.5, 0.6) is 0 Å². The van der Waals surface area contributed by atoms with Gasteiger partial charge in [-0.3, -0.25) is 4.79 Å². The first-order valence-corrected chi connectivity index (χ1v) is 9.45. The molecule has 0 saturated carbocycles. The highest BCUT2D eigenvalue weighted by Crippen LogP contribution is 2.25. The topological polar surface area (TPSA) is 49.3 Å². The summed E-state index contributed by atoms with van der Waals surface area (Å²) in [6.07, 6.45) is 4.37. The fraction of sp³-hybridized carbons (Fsp3) is 0.476. The van der Waals surface area contributed by atoms with Crippen molar-refractivity contribution >= 4 is 5.91 Å². The van der Waals surface area contributed by atoms with Crippen molar-refractivity contribution in [2.24, 2.45) is 0 Å². The maximum Gasteiger partial charge on any atom is 0.227 e. The molecule has 5 heteroatoms. The number of likely N-dealkylation sites (N-methyl/N-ethyl adjacent to an activating group) is 1. The van der Waals surface area contributed by atoms with E-state index in [-0.39, 0.29) is 5.91 Å². The Kier molecular flexibility index (Phi) is 4.72. The van der Waals surface area contributed by atoms with Crippen molar-refractivity contribution in [3.05, 3.63) is 58.7 Å². The second-order valence-corrected chi connectivity index (χ2v) is 7.68. The van der Waals surface area contributed by atoms with Crippen LogP contribution in [-0.2, 0) is 24.2 Å². The van der Waals surface area contributed by atoms with E-state index in [1.165, 1.54) is 5.56 Å². The Bertz CT molecular complexity index is 819. The molecular weight excluding hydrogens is 324 g/mol. The van der Waals surface area contributed by atoms with Gasteiger partial charge in [-0.05, 0) is 32.5 Å². The molecule has 1 unspecified atom stereocenters. The van der Waals surface area contributed by atoms with Crippen molar-refractivity contribution in [2.45, 2.75) is 38.6 Å². The molecule has 2 aliphatic rings. The van der Waals surface area contributed by atoms with Gasteiger partial charge in [0, 0.05) is 43.7 Å². The van der Waals surface area contributed by atoms with Crippen LogP contribution in [0.1, 0.15) is 40.5 Å². The standard InChI is InChI=1S/C21H26N4O/c1-15-4-3-5-16(10-15)11-20(26)25-9-7-19-18(14-25)12-22-21(23-19)17-6-8-24(2)13-17/h3-5,10,12,17H,6-9,11,13-14H2,1-2H3. The third-order valence-electron chi connectivity index (χ3n) is 5.50. The van der Waals surface area contributed by atoms with Gasteiger partial charge in [-0.1, -0.05) is 29.8 Å². The van der Waals surface area contributed by atoms with E-state index in [9.17, 15) is 4.79 Å². The lowest BCUT2D eigenvalue weighted by molar-refractivity contribution is -0.131. The summed E-state index contributed by atoms with van der Waals surface area (Å²) in [5.41, 5.74) is 4.50. The van der Waals surface area contributed by atoms with Gasteiger partial charge in [-0.2, -0.15) is 0 Å². The summed E-state index contributed by atoms with van der Waals surface area (Å²) >= 11 is 0. The number of rotatable bonds is 3. The van der Waals surface area contributed by atoms with E-state index in [1.807, 2.05) is 23.2 Å². The molecule has 0 bridgehead atoms. The Hall–Kier alpha value is -2.27. The zero-order valence-electron chi connectivity index (χ0n) is 15.6. The summed E-state index contributed by atoms with van der Waals surface area (Å²) in [7, 11) is 2.15. The highest BCUT2D eigenvalue weighted by Gasteiger charge is 2.26. The quantitative estimate of drug-likeness (QED) is 0.852. The second kappa shape index (κ2) is 7.16. The van der Waals surface area contributed by atoms with Crippen LogP contribution in [0.3, 0.4) is 0 Å². The van der Waals surface area contributed by atoms with Gasteiger partial charge in [0.15, 0.2) is 0 Å². The van der Waals surface area contributed by atoms with Gasteiger partial charge in [-0.25, -0.2) is 9.97 Å². The van der Waals surface area contributed by atoms with Crippen molar-refractivity contribution in [2.75, 3.05) is 26.7 Å². The zero-order chi connectivity index (χ0) is 18.1. The van der Waals surface area contributed by atoms with Crippen molar-refractivity contribution in [3.8, 4) is 0 Å². The van der Waals surface area contributed by atoms with E-state index >= 15 is 0 Å². The fourth-order valence-electron chi connectivity index (χ4n) is 4.00. The molecule has 1 amide bonds. The van der Waals surface area contributed by atoms with Crippen molar-refractivity contribution in [1.82, 2.24) is 19.8 Å². The highest BCUT2D eigenvalue weighted by molar-refractivity contribution is 5.79. The Balaban J connectivity index is 1.43. The molecule has 0 aliphatic carbocycles. The third kappa shape index (κ3) is 3.63. The van der Waals surface area contributed by atoms with Gasteiger partial charge in [0.25, 0.3) is 0 Å². The first kappa shape index (κ1) is 17.2. The van der Waals surface area contributed by atoms with Crippen LogP contribution < -0.4 is 0 Å². The zero-order valence-corrected chi connectivity index (χ0v) is 15.6.